The molecule has 0 aliphatic heterocycles. The highest BCUT2D eigenvalue weighted by molar-refractivity contribution is 5.38. The van der Waals surface area contributed by atoms with Gasteiger partial charge in [0.2, 0.25) is 0 Å². The lowest BCUT2D eigenvalue weighted by Gasteiger charge is -2.08. The molecule has 0 saturated heterocycles. The summed E-state index contributed by atoms with van der Waals surface area (Å²) in [5, 5.41) is 8.64. The van der Waals surface area contributed by atoms with Gasteiger partial charge in [-0.15, -0.1) is 0 Å². The minimum absolute atomic E-state index is 0.540. The molecule has 76 valence electrons. The zero-order chi connectivity index (χ0) is 11.1. The Labute approximate surface area is 87.4 Å². The fourth-order valence-corrected chi connectivity index (χ4v) is 1.39. The van der Waals surface area contributed by atoms with E-state index >= 15 is 0 Å². The average molecular weight is 189 g/mol. The Morgan fingerprint density at radius 3 is 2.14 bits per heavy atom. The third-order valence-corrected chi connectivity index (χ3v) is 2.02. The molecule has 1 nitrogen and oxygen atoms in total. The van der Waals surface area contributed by atoms with Crippen molar-refractivity contribution in [2.45, 2.75) is 40.5 Å². The van der Waals surface area contributed by atoms with Crippen molar-refractivity contribution in [3.8, 4) is 6.07 Å². The maximum atomic E-state index is 8.64. The maximum Gasteiger partial charge on any atom is 0.0991 e. The number of benzene rings is 1. The molecule has 0 aromatic heterocycles. The van der Waals surface area contributed by atoms with Gasteiger partial charge in [-0.25, -0.2) is 0 Å². The lowest BCUT2D eigenvalue weighted by molar-refractivity contribution is 0.856. The number of nitrogens with zero attached hydrogens (tertiary/aromatic N) is 1. The fraction of sp³-hybridized carbons (Fsp3) is 0.462. The van der Waals surface area contributed by atoms with Gasteiger partial charge in [0.1, 0.15) is 0 Å². The van der Waals surface area contributed by atoms with Crippen LogP contribution in [-0.4, -0.2) is 0 Å². The van der Waals surface area contributed by atoms with Crippen LogP contribution in [0.25, 0.3) is 0 Å². The first-order valence-corrected chi connectivity index (χ1v) is 5.16. The lowest BCUT2D eigenvalue weighted by Crippen LogP contribution is -1.91. The molecule has 0 heterocycles. The lowest BCUT2D eigenvalue weighted by atomic mass is 9.97. The molecule has 0 amide bonds. The predicted octanol–water partition coefficient (Wildman–Crippen LogP) is 4.02. The summed E-state index contributed by atoms with van der Waals surface area (Å²) in [5.74, 6) is 0.540. The number of aryl methyl sites for hydroxylation is 1. The van der Waals surface area contributed by atoms with Crippen LogP contribution in [0.4, 0.5) is 0 Å². The highest BCUT2D eigenvalue weighted by Crippen LogP contribution is 2.19. The van der Waals surface area contributed by atoms with Crippen LogP contribution in [0.3, 0.4) is 0 Å². The molecular formula is C13H19N. The molecule has 0 radical (unpaired) electrons. The van der Waals surface area contributed by atoms with Crippen LogP contribution in [-0.2, 0) is 0 Å². The molecule has 1 heteroatoms. The minimum Gasteiger partial charge on any atom is -0.192 e. The summed E-state index contributed by atoms with van der Waals surface area (Å²) in [6.07, 6.45) is 0. The van der Waals surface area contributed by atoms with Crippen molar-refractivity contribution in [1.29, 1.82) is 5.26 Å². The molecular weight excluding hydrogens is 170 g/mol. The van der Waals surface area contributed by atoms with Crippen molar-refractivity contribution in [1.82, 2.24) is 0 Å². The quantitative estimate of drug-likeness (QED) is 0.654. The van der Waals surface area contributed by atoms with Crippen molar-refractivity contribution < 1.29 is 0 Å². The van der Waals surface area contributed by atoms with Gasteiger partial charge in [0.25, 0.3) is 0 Å². The number of hydrogen-bond acceptors (Lipinski definition) is 1. The van der Waals surface area contributed by atoms with Gasteiger partial charge in [-0.1, -0.05) is 33.8 Å². The second-order valence-electron chi connectivity index (χ2n) is 3.34. The Kier molecular flexibility index (Phi) is 5.64. The molecule has 0 saturated carbocycles. The van der Waals surface area contributed by atoms with Gasteiger partial charge in [-0.05, 0) is 36.1 Å². The molecule has 0 spiro atoms. The third kappa shape index (κ3) is 3.22. The fourth-order valence-electron chi connectivity index (χ4n) is 1.39. The largest absolute Gasteiger partial charge is 0.192 e. The van der Waals surface area contributed by atoms with Crippen LogP contribution in [0.2, 0.25) is 0 Å². The van der Waals surface area contributed by atoms with E-state index < -0.39 is 0 Å². The molecule has 14 heavy (non-hydrogen) atoms. The van der Waals surface area contributed by atoms with Crippen molar-refractivity contribution in [3.63, 3.8) is 0 Å². The smallest absolute Gasteiger partial charge is 0.0991 e. The van der Waals surface area contributed by atoms with Crippen LogP contribution >= 0.6 is 0 Å². The number of rotatable bonds is 1. The summed E-state index contributed by atoms with van der Waals surface area (Å²) >= 11 is 0. The molecule has 0 unspecified atom stereocenters. The molecule has 1 aromatic rings. The van der Waals surface area contributed by atoms with E-state index in [-0.39, 0.29) is 0 Å². The van der Waals surface area contributed by atoms with Gasteiger partial charge >= 0.3 is 0 Å². The standard InChI is InChI=1S/C11H13N.C2H6/c1-8(2)11-5-4-10(7-12)6-9(11)3;1-2/h4-6,8H,1-3H3;1-2H3. The Balaban J connectivity index is 0.000000791. The number of hydrogen-bond donors (Lipinski definition) is 0. The first kappa shape index (κ1) is 12.7. The van der Waals surface area contributed by atoms with Gasteiger partial charge in [0.15, 0.2) is 0 Å². The first-order chi connectivity index (χ1) is 6.65. The van der Waals surface area contributed by atoms with Crippen molar-refractivity contribution in [2.24, 2.45) is 0 Å². The Bertz CT molecular complexity index is 318. The second-order valence-corrected chi connectivity index (χ2v) is 3.34. The van der Waals surface area contributed by atoms with E-state index in [1.807, 2.05) is 32.0 Å². The van der Waals surface area contributed by atoms with Crippen LogP contribution in [0.5, 0.6) is 0 Å². The third-order valence-electron chi connectivity index (χ3n) is 2.02. The Morgan fingerprint density at radius 2 is 1.79 bits per heavy atom. The van der Waals surface area contributed by atoms with Gasteiger partial charge in [-0.3, -0.25) is 0 Å². The zero-order valence-electron chi connectivity index (χ0n) is 9.76. The van der Waals surface area contributed by atoms with E-state index in [2.05, 4.69) is 26.8 Å². The Hall–Kier alpha value is -1.29. The van der Waals surface area contributed by atoms with E-state index in [0.29, 0.717) is 5.92 Å². The Morgan fingerprint density at radius 1 is 1.21 bits per heavy atom. The van der Waals surface area contributed by atoms with Gasteiger partial charge in [0.05, 0.1) is 11.6 Å². The van der Waals surface area contributed by atoms with Gasteiger partial charge in [0, 0.05) is 0 Å². The van der Waals surface area contributed by atoms with Crippen LogP contribution in [0.15, 0.2) is 18.2 Å². The minimum atomic E-state index is 0.540. The van der Waals surface area contributed by atoms with Gasteiger partial charge < -0.3 is 0 Å². The van der Waals surface area contributed by atoms with Crippen molar-refractivity contribution in [3.05, 3.63) is 34.9 Å². The van der Waals surface area contributed by atoms with E-state index in [1.54, 1.807) is 0 Å². The first-order valence-electron chi connectivity index (χ1n) is 5.16. The van der Waals surface area contributed by atoms with E-state index in [9.17, 15) is 0 Å². The van der Waals surface area contributed by atoms with E-state index in [4.69, 9.17) is 5.26 Å². The highest BCUT2D eigenvalue weighted by Gasteiger charge is 2.02. The molecule has 0 fully saturated rings. The van der Waals surface area contributed by atoms with Crippen LogP contribution < -0.4 is 0 Å². The summed E-state index contributed by atoms with van der Waals surface area (Å²) in [5.41, 5.74) is 3.29. The summed E-state index contributed by atoms with van der Waals surface area (Å²) in [4.78, 5) is 0. The van der Waals surface area contributed by atoms with Crippen LogP contribution in [0, 0.1) is 18.3 Å². The highest BCUT2D eigenvalue weighted by atomic mass is 14.2. The normalized spacial score (nSPS) is 8.93. The SMILES string of the molecule is CC.Cc1cc(C#N)ccc1C(C)C. The molecule has 0 aliphatic rings. The molecule has 0 atom stereocenters. The van der Waals surface area contributed by atoms with Gasteiger partial charge in [-0.2, -0.15) is 5.26 Å². The molecule has 0 bridgehead atoms. The predicted molar refractivity (Wildman–Crippen MR) is 61.3 cm³/mol. The molecule has 0 aliphatic carbocycles. The van der Waals surface area contributed by atoms with Crippen molar-refractivity contribution in [2.75, 3.05) is 0 Å². The molecule has 1 aromatic carbocycles. The summed E-state index contributed by atoms with van der Waals surface area (Å²) in [7, 11) is 0. The summed E-state index contributed by atoms with van der Waals surface area (Å²) < 4.78 is 0. The average Bonchev–Trinajstić information content (AvgIpc) is 2.20. The molecule has 1 rings (SSSR count). The second kappa shape index (κ2) is 6.21. The van der Waals surface area contributed by atoms with E-state index in [1.165, 1.54) is 11.1 Å². The monoisotopic (exact) mass is 189 g/mol. The van der Waals surface area contributed by atoms with Crippen molar-refractivity contribution >= 4 is 0 Å². The topological polar surface area (TPSA) is 23.8 Å². The number of nitriles is 1. The summed E-state index contributed by atoms with van der Waals surface area (Å²) in [6.45, 7) is 10.4. The zero-order valence-corrected chi connectivity index (χ0v) is 9.76. The molecule has 0 N–H and O–H groups in total. The van der Waals surface area contributed by atoms with Crippen LogP contribution in [0.1, 0.15) is 50.3 Å². The summed E-state index contributed by atoms with van der Waals surface area (Å²) in [6, 6.07) is 7.99. The van der Waals surface area contributed by atoms with E-state index in [0.717, 1.165) is 5.56 Å². The maximum absolute atomic E-state index is 8.64.